The van der Waals surface area contributed by atoms with E-state index in [2.05, 4.69) is 11.4 Å². The standard InChI is InChI=1S/C16H18ClNO/c1-12-6-7-13(8-16(12)17)9-18-10-14-4-2-3-5-15(14)11-19/h2-8,18-19H,9-11H2,1H3. The van der Waals surface area contributed by atoms with Gasteiger partial charge in [-0.3, -0.25) is 0 Å². The van der Waals surface area contributed by atoms with Crippen molar-refractivity contribution in [2.45, 2.75) is 26.6 Å². The van der Waals surface area contributed by atoms with Crippen molar-refractivity contribution in [1.82, 2.24) is 5.32 Å². The Hall–Kier alpha value is -1.35. The summed E-state index contributed by atoms with van der Waals surface area (Å²) in [5.74, 6) is 0. The molecule has 0 unspecified atom stereocenters. The van der Waals surface area contributed by atoms with E-state index >= 15 is 0 Å². The Balaban J connectivity index is 1.94. The van der Waals surface area contributed by atoms with E-state index in [0.29, 0.717) is 0 Å². The van der Waals surface area contributed by atoms with Gasteiger partial charge in [0.15, 0.2) is 0 Å². The Morgan fingerprint density at radius 2 is 1.79 bits per heavy atom. The van der Waals surface area contributed by atoms with Crippen LogP contribution < -0.4 is 5.32 Å². The SMILES string of the molecule is Cc1ccc(CNCc2ccccc2CO)cc1Cl. The first kappa shape index (κ1) is 14.1. The van der Waals surface area contributed by atoms with Crippen LogP contribution >= 0.6 is 11.6 Å². The maximum Gasteiger partial charge on any atom is 0.0685 e. The van der Waals surface area contributed by atoms with E-state index in [9.17, 15) is 5.11 Å². The average molecular weight is 276 g/mol. The van der Waals surface area contributed by atoms with Gasteiger partial charge in [0.05, 0.1) is 6.61 Å². The fraction of sp³-hybridized carbons (Fsp3) is 0.250. The van der Waals surface area contributed by atoms with Crippen molar-refractivity contribution in [3.63, 3.8) is 0 Å². The molecule has 0 spiro atoms. The third kappa shape index (κ3) is 3.80. The summed E-state index contributed by atoms with van der Waals surface area (Å²) in [6, 6.07) is 14.0. The van der Waals surface area contributed by atoms with Gasteiger partial charge in [-0.1, -0.05) is 48.0 Å². The quantitative estimate of drug-likeness (QED) is 0.876. The lowest BCUT2D eigenvalue weighted by molar-refractivity contribution is 0.280. The van der Waals surface area contributed by atoms with E-state index in [1.54, 1.807) is 0 Å². The number of aliphatic hydroxyl groups is 1. The summed E-state index contributed by atoms with van der Waals surface area (Å²) in [6.45, 7) is 3.58. The zero-order chi connectivity index (χ0) is 13.7. The van der Waals surface area contributed by atoms with E-state index in [-0.39, 0.29) is 6.61 Å². The van der Waals surface area contributed by atoms with Crippen LogP contribution in [0.3, 0.4) is 0 Å². The van der Waals surface area contributed by atoms with Gasteiger partial charge in [0, 0.05) is 18.1 Å². The number of nitrogens with one attached hydrogen (secondary N) is 1. The summed E-state index contributed by atoms with van der Waals surface area (Å²) in [7, 11) is 0. The molecule has 100 valence electrons. The highest BCUT2D eigenvalue weighted by Gasteiger charge is 2.01. The molecule has 19 heavy (non-hydrogen) atoms. The maximum absolute atomic E-state index is 9.26. The smallest absolute Gasteiger partial charge is 0.0685 e. The molecule has 0 saturated carbocycles. The molecule has 2 rings (SSSR count). The van der Waals surface area contributed by atoms with Gasteiger partial charge >= 0.3 is 0 Å². The summed E-state index contributed by atoms with van der Waals surface area (Å²) >= 11 is 6.10. The summed E-state index contributed by atoms with van der Waals surface area (Å²) in [5, 5.41) is 13.4. The summed E-state index contributed by atoms with van der Waals surface area (Å²) in [6.07, 6.45) is 0. The normalized spacial score (nSPS) is 10.7. The predicted molar refractivity (Wildman–Crippen MR) is 79.1 cm³/mol. The van der Waals surface area contributed by atoms with Gasteiger partial charge in [-0.15, -0.1) is 0 Å². The van der Waals surface area contributed by atoms with Crippen molar-refractivity contribution in [2.24, 2.45) is 0 Å². The molecule has 2 nitrogen and oxygen atoms in total. The molecule has 0 aliphatic carbocycles. The number of halogens is 1. The minimum absolute atomic E-state index is 0.0776. The van der Waals surface area contributed by atoms with Gasteiger partial charge in [-0.25, -0.2) is 0 Å². The third-order valence-electron chi connectivity index (χ3n) is 3.17. The molecular formula is C16H18ClNO. The van der Waals surface area contributed by atoms with Gasteiger partial charge in [-0.05, 0) is 35.2 Å². The molecule has 0 bridgehead atoms. The molecule has 0 amide bonds. The lowest BCUT2D eigenvalue weighted by atomic mass is 10.1. The van der Waals surface area contributed by atoms with Gasteiger partial charge in [0.2, 0.25) is 0 Å². The Morgan fingerprint density at radius 3 is 2.47 bits per heavy atom. The molecule has 0 fully saturated rings. The highest BCUT2D eigenvalue weighted by molar-refractivity contribution is 6.31. The molecule has 2 aromatic carbocycles. The highest BCUT2D eigenvalue weighted by atomic mass is 35.5. The number of aryl methyl sites for hydroxylation is 1. The van der Waals surface area contributed by atoms with Gasteiger partial charge in [0.1, 0.15) is 0 Å². The molecule has 0 radical (unpaired) electrons. The van der Waals surface area contributed by atoms with Gasteiger partial charge in [0.25, 0.3) is 0 Å². The first-order valence-corrected chi connectivity index (χ1v) is 6.72. The van der Waals surface area contributed by atoms with E-state index in [0.717, 1.165) is 40.4 Å². The number of hydrogen-bond donors (Lipinski definition) is 2. The van der Waals surface area contributed by atoms with Crippen molar-refractivity contribution < 1.29 is 5.11 Å². The second-order valence-electron chi connectivity index (χ2n) is 4.61. The fourth-order valence-electron chi connectivity index (χ4n) is 1.97. The Bertz CT molecular complexity index is 554. The van der Waals surface area contributed by atoms with Crippen LogP contribution in [0.5, 0.6) is 0 Å². The molecule has 2 aromatic rings. The van der Waals surface area contributed by atoms with Crippen LogP contribution in [-0.2, 0) is 19.7 Å². The van der Waals surface area contributed by atoms with Crippen LogP contribution in [0, 0.1) is 6.92 Å². The first-order valence-electron chi connectivity index (χ1n) is 6.34. The summed E-state index contributed by atoms with van der Waals surface area (Å²) in [4.78, 5) is 0. The molecule has 3 heteroatoms. The lowest BCUT2D eigenvalue weighted by Crippen LogP contribution is -2.14. The van der Waals surface area contributed by atoms with Crippen LogP contribution in [0.15, 0.2) is 42.5 Å². The Kier molecular flexibility index (Phi) is 4.97. The number of hydrogen-bond acceptors (Lipinski definition) is 2. The summed E-state index contributed by atoms with van der Waals surface area (Å²) in [5.41, 5.74) is 4.35. The van der Waals surface area contributed by atoms with Crippen LogP contribution in [0.1, 0.15) is 22.3 Å². The fourth-order valence-corrected chi connectivity index (χ4v) is 2.18. The predicted octanol–water partition coefficient (Wildman–Crippen LogP) is 3.43. The molecule has 0 aliphatic rings. The molecule has 0 aliphatic heterocycles. The molecule has 0 saturated heterocycles. The van der Waals surface area contributed by atoms with Crippen molar-refractivity contribution >= 4 is 11.6 Å². The van der Waals surface area contributed by atoms with E-state index in [1.807, 2.05) is 43.3 Å². The largest absolute Gasteiger partial charge is 0.392 e. The number of benzene rings is 2. The molecular weight excluding hydrogens is 258 g/mol. The highest BCUT2D eigenvalue weighted by Crippen LogP contribution is 2.16. The minimum Gasteiger partial charge on any atom is -0.392 e. The van der Waals surface area contributed by atoms with Gasteiger partial charge in [-0.2, -0.15) is 0 Å². The van der Waals surface area contributed by atoms with E-state index < -0.39 is 0 Å². The molecule has 0 aromatic heterocycles. The monoisotopic (exact) mass is 275 g/mol. The second-order valence-corrected chi connectivity index (χ2v) is 5.02. The van der Waals surface area contributed by atoms with Gasteiger partial charge < -0.3 is 10.4 Å². The Labute approximate surface area is 119 Å². The van der Waals surface area contributed by atoms with Crippen LogP contribution in [0.25, 0.3) is 0 Å². The molecule has 2 N–H and O–H groups in total. The van der Waals surface area contributed by atoms with Crippen molar-refractivity contribution in [3.8, 4) is 0 Å². The van der Waals surface area contributed by atoms with Crippen molar-refractivity contribution in [1.29, 1.82) is 0 Å². The van der Waals surface area contributed by atoms with Crippen LogP contribution in [0.4, 0.5) is 0 Å². The zero-order valence-corrected chi connectivity index (χ0v) is 11.7. The minimum atomic E-state index is 0.0776. The van der Waals surface area contributed by atoms with Crippen LogP contribution in [-0.4, -0.2) is 5.11 Å². The maximum atomic E-state index is 9.26. The molecule has 0 heterocycles. The van der Waals surface area contributed by atoms with Crippen molar-refractivity contribution in [3.05, 3.63) is 69.7 Å². The van der Waals surface area contributed by atoms with E-state index in [4.69, 9.17) is 11.6 Å². The average Bonchev–Trinajstić information content (AvgIpc) is 2.43. The molecule has 0 atom stereocenters. The second kappa shape index (κ2) is 6.71. The third-order valence-corrected chi connectivity index (χ3v) is 3.58. The van der Waals surface area contributed by atoms with E-state index in [1.165, 1.54) is 0 Å². The summed E-state index contributed by atoms with van der Waals surface area (Å²) < 4.78 is 0. The number of aliphatic hydroxyl groups excluding tert-OH is 1. The topological polar surface area (TPSA) is 32.3 Å². The first-order chi connectivity index (χ1) is 9.20. The number of rotatable bonds is 5. The van der Waals surface area contributed by atoms with Crippen molar-refractivity contribution in [2.75, 3.05) is 0 Å². The lowest BCUT2D eigenvalue weighted by Gasteiger charge is -2.09. The zero-order valence-electron chi connectivity index (χ0n) is 11.0. The Morgan fingerprint density at radius 1 is 1.05 bits per heavy atom. The van der Waals surface area contributed by atoms with Crippen LogP contribution in [0.2, 0.25) is 5.02 Å².